The number of nitrogens with zero attached hydrogens (tertiary/aromatic N) is 1. The van der Waals surface area contributed by atoms with Gasteiger partial charge in [0.25, 0.3) is 0 Å². The van der Waals surface area contributed by atoms with E-state index in [4.69, 9.17) is 16.3 Å². The minimum absolute atomic E-state index is 0.0582. The molecule has 1 N–H and O–H groups in total. The highest BCUT2D eigenvalue weighted by molar-refractivity contribution is 6.31. The van der Waals surface area contributed by atoms with E-state index in [0.29, 0.717) is 22.9 Å². The summed E-state index contributed by atoms with van der Waals surface area (Å²) in [6, 6.07) is 3.46. The van der Waals surface area contributed by atoms with Crippen molar-refractivity contribution in [3.8, 4) is 5.75 Å². The minimum atomic E-state index is -0.262. The van der Waals surface area contributed by atoms with Gasteiger partial charge in [0.1, 0.15) is 5.75 Å². The van der Waals surface area contributed by atoms with Gasteiger partial charge in [-0.1, -0.05) is 24.9 Å². The SMILES string of the molecule is CCCCN(C)C(=O)C1CC1C(=O)Nc1cc(C)c(Cl)cc1OC. The molecule has 0 saturated heterocycles. The van der Waals surface area contributed by atoms with E-state index < -0.39 is 0 Å². The molecule has 0 radical (unpaired) electrons. The number of aryl methyl sites for hydroxylation is 1. The standard InChI is InChI=1S/C18H25ClN2O3/c1-5-6-7-21(3)18(23)13-9-12(13)17(22)20-15-8-11(2)14(19)10-16(15)24-4/h8,10,12-13H,5-7,9H2,1-4H3,(H,20,22). The van der Waals surface area contributed by atoms with Crippen molar-refractivity contribution in [3.05, 3.63) is 22.7 Å². The Hall–Kier alpha value is -1.75. The Morgan fingerprint density at radius 1 is 1.38 bits per heavy atom. The summed E-state index contributed by atoms with van der Waals surface area (Å²) >= 11 is 6.07. The molecular weight excluding hydrogens is 328 g/mol. The van der Waals surface area contributed by atoms with Gasteiger partial charge in [-0.2, -0.15) is 0 Å². The van der Waals surface area contributed by atoms with Gasteiger partial charge in [-0.25, -0.2) is 0 Å². The van der Waals surface area contributed by atoms with Gasteiger partial charge in [0.15, 0.2) is 0 Å². The molecule has 2 rings (SSSR count). The molecule has 2 atom stereocenters. The number of anilines is 1. The smallest absolute Gasteiger partial charge is 0.228 e. The number of amides is 2. The summed E-state index contributed by atoms with van der Waals surface area (Å²) in [5.74, 6) is -0.0313. The largest absolute Gasteiger partial charge is 0.495 e. The van der Waals surface area contributed by atoms with Gasteiger partial charge in [0.2, 0.25) is 11.8 Å². The summed E-state index contributed by atoms with van der Waals surface area (Å²) < 4.78 is 5.26. The Labute approximate surface area is 148 Å². The highest BCUT2D eigenvalue weighted by atomic mass is 35.5. The second-order valence-corrected chi connectivity index (χ2v) is 6.76. The second-order valence-electron chi connectivity index (χ2n) is 6.35. The number of ether oxygens (including phenoxy) is 1. The first kappa shape index (κ1) is 18.6. The van der Waals surface area contributed by atoms with E-state index in [1.807, 2.05) is 6.92 Å². The fourth-order valence-electron chi connectivity index (χ4n) is 2.70. The van der Waals surface area contributed by atoms with Crippen LogP contribution < -0.4 is 10.1 Å². The van der Waals surface area contributed by atoms with Crippen LogP contribution in [0.1, 0.15) is 31.7 Å². The number of hydrogen-bond acceptors (Lipinski definition) is 3. The first-order valence-electron chi connectivity index (χ1n) is 8.29. The number of halogens is 1. The molecule has 24 heavy (non-hydrogen) atoms. The van der Waals surface area contributed by atoms with Gasteiger partial charge in [-0.05, 0) is 31.4 Å². The molecule has 6 heteroatoms. The van der Waals surface area contributed by atoms with Crippen LogP contribution >= 0.6 is 11.6 Å². The molecule has 2 amide bonds. The van der Waals surface area contributed by atoms with Crippen molar-refractivity contribution in [3.63, 3.8) is 0 Å². The Balaban J connectivity index is 1.98. The summed E-state index contributed by atoms with van der Waals surface area (Å²) in [6.45, 7) is 4.70. The molecule has 5 nitrogen and oxygen atoms in total. The van der Waals surface area contributed by atoms with Crippen LogP contribution in [0.5, 0.6) is 5.75 Å². The van der Waals surface area contributed by atoms with E-state index in [2.05, 4.69) is 12.2 Å². The Kier molecular flexibility index (Phi) is 6.10. The lowest BCUT2D eigenvalue weighted by Gasteiger charge is -2.17. The second kappa shape index (κ2) is 7.88. The summed E-state index contributed by atoms with van der Waals surface area (Å²) in [5.41, 5.74) is 1.44. The van der Waals surface area contributed by atoms with E-state index >= 15 is 0 Å². The Morgan fingerprint density at radius 2 is 2.08 bits per heavy atom. The molecule has 1 aliphatic carbocycles. The minimum Gasteiger partial charge on any atom is -0.495 e. The van der Waals surface area contributed by atoms with Crippen molar-refractivity contribution in [1.29, 1.82) is 0 Å². The van der Waals surface area contributed by atoms with Gasteiger partial charge in [0, 0.05) is 24.7 Å². The lowest BCUT2D eigenvalue weighted by molar-refractivity contribution is -0.132. The zero-order valence-electron chi connectivity index (χ0n) is 14.7. The molecular formula is C18H25ClN2O3. The normalized spacial score (nSPS) is 18.9. The maximum Gasteiger partial charge on any atom is 0.228 e. The molecule has 0 bridgehead atoms. The fourth-order valence-corrected chi connectivity index (χ4v) is 2.86. The van der Waals surface area contributed by atoms with Crippen molar-refractivity contribution in [1.82, 2.24) is 4.90 Å². The topological polar surface area (TPSA) is 58.6 Å². The van der Waals surface area contributed by atoms with Crippen LogP contribution in [0.2, 0.25) is 5.02 Å². The van der Waals surface area contributed by atoms with Crippen LogP contribution in [0.4, 0.5) is 5.69 Å². The first-order chi connectivity index (χ1) is 11.4. The highest BCUT2D eigenvalue weighted by Gasteiger charge is 2.49. The fraction of sp³-hybridized carbons (Fsp3) is 0.556. The number of carbonyl (C=O) groups excluding carboxylic acids is 2. The molecule has 0 heterocycles. The predicted octanol–water partition coefficient (Wildman–Crippen LogP) is 3.49. The first-order valence-corrected chi connectivity index (χ1v) is 8.66. The number of nitrogens with one attached hydrogen (secondary N) is 1. The lowest BCUT2D eigenvalue weighted by atomic mass is 10.2. The van der Waals surface area contributed by atoms with Crippen LogP contribution in [0.3, 0.4) is 0 Å². The van der Waals surface area contributed by atoms with Crippen molar-refractivity contribution in [2.45, 2.75) is 33.1 Å². The van der Waals surface area contributed by atoms with Gasteiger partial charge >= 0.3 is 0 Å². The molecule has 132 valence electrons. The van der Waals surface area contributed by atoms with Crippen molar-refractivity contribution in [2.75, 3.05) is 26.0 Å². The third-order valence-corrected chi connectivity index (χ3v) is 4.81. The Bertz CT molecular complexity index is 633. The van der Waals surface area contributed by atoms with E-state index in [9.17, 15) is 9.59 Å². The number of methoxy groups -OCH3 is 1. The molecule has 0 spiro atoms. The maximum atomic E-state index is 12.4. The highest BCUT2D eigenvalue weighted by Crippen LogP contribution is 2.41. The van der Waals surface area contributed by atoms with Crippen molar-refractivity contribution < 1.29 is 14.3 Å². The number of carbonyl (C=O) groups is 2. The molecule has 0 aliphatic heterocycles. The molecule has 1 aliphatic rings. The third-order valence-electron chi connectivity index (χ3n) is 4.41. The van der Waals surface area contributed by atoms with Gasteiger partial charge in [-0.15, -0.1) is 0 Å². The average Bonchev–Trinajstić information content (AvgIpc) is 3.35. The number of benzene rings is 1. The molecule has 1 fully saturated rings. The number of rotatable bonds is 7. The molecule has 1 aromatic rings. The van der Waals surface area contributed by atoms with Gasteiger partial charge < -0.3 is 15.0 Å². The zero-order valence-corrected chi connectivity index (χ0v) is 15.4. The summed E-state index contributed by atoms with van der Waals surface area (Å²) in [6.07, 6.45) is 2.63. The molecule has 1 saturated carbocycles. The van der Waals surface area contributed by atoms with Crippen LogP contribution in [-0.2, 0) is 9.59 Å². The molecule has 0 aromatic heterocycles. The van der Waals surface area contributed by atoms with E-state index in [-0.39, 0.29) is 23.7 Å². The average molecular weight is 353 g/mol. The number of hydrogen-bond donors (Lipinski definition) is 1. The van der Waals surface area contributed by atoms with Crippen LogP contribution in [0.25, 0.3) is 0 Å². The van der Waals surface area contributed by atoms with E-state index in [1.165, 1.54) is 7.11 Å². The van der Waals surface area contributed by atoms with Crippen LogP contribution in [0.15, 0.2) is 12.1 Å². The summed E-state index contributed by atoms with van der Waals surface area (Å²) in [5, 5.41) is 3.45. The zero-order chi connectivity index (χ0) is 17.9. The third kappa shape index (κ3) is 4.20. The van der Waals surface area contributed by atoms with Crippen LogP contribution in [0, 0.1) is 18.8 Å². The molecule has 1 aromatic carbocycles. The van der Waals surface area contributed by atoms with Crippen LogP contribution in [-0.4, -0.2) is 37.4 Å². The maximum absolute atomic E-state index is 12.4. The molecule has 2 unspecified atom stereocenters. The lowest BCUT2D eigenvalue weighted by Crippen LogP contribution is -2.30. The summed E-state index contributed by atoms with van der Waals surface area (Å²) in [4.78, 5) is 26.5. The van der Waals surface area contributed by atoms with Gasteiger partial charge in [-0.3, -0.25) is 9.59 Å². The van der Waals surface area contributed by atoms with E-state index in [1.54, 1.807) is 24.1 Å². The predicted molar refractivity (Wildman–Crippen MR) is 95.5 cm³/mol. The number of unbranched alkanes of at least 4 members (excludes halogenated alkanes) is 1. The van der Waals surface area contributed by atoms with E-state index in [0.717, 1.165) is 24.9 Å². The Morgan fingerprint density at radius 3 is 2.71 bits per heavy atom. The monoisotopic (exact) mass is 352 g/mol. The van der Waals surface area contributed by atoms with Crippen molar-refractivity contribution in [2.24, 2.45) is 11.8 Å². The van der Waals surface area contributed by atoms with Crippen molar-refractivity contribution >= 4 is 29.1 Å². The quantitative estimate of drug-likeness (QED) is 0.817. The van der Waals surface area contributed by atoms with Gasteiger partial charge in [0.05, 0.1) is 24.6 Å². The summed E-state index contributed by atoms with van der Waals surface area (Å²) in [7, 11) is 3.33.